The number of hydrogen-bond acceptors (Lipinski definition) is 9. The van der Waals surface area contributed by atoms with Crippen molar-refractivity contribution in [3.63, 3.8) is 0 Å². The number of nitriles is 1. The average Bonchev–Trinajstić information content (AvgIpc) is 3.61. The molecular weight excluding hydrogens is 599 g/mol. The predicted molar refractivity (Wildman–Crippen MR) is 163 cm³/mol. The number of amides is 1. The number of pyridine rings is 2. The van der Waals surface area contributed by atoms with E-state index in [1.165, 1.54) is 4.90 Å². The number of carbonyl (C=O) groups excluding carboxylic acids is 1. The highest BCUT2D eigenvalue weighted by Gasteiger charge is 2.41. The Kier molecular flexibility index (Phi) is 8.70. The van der Waals surface area contributed by atoms with Crippen LogP contribution in [0.25, 0.3) is 22.5 Å². The zero-order valence-electron chi connectivity index (χ0n) is 25.4. The summed E-state index contributed by atoms with van der Waals surface area (Å²) >= 11 is 0. The van der Waals surface area contributed by atoms with Gasteiger partial charge < -0.3 is 14.6 Å². The van der Waals surface area contributed by atoms with Gasteiger partial charge in [0.1, 0.15) is 18.0 Å². The van der Waals surface area contributed by atoms with Gasteiger partial charge in [0.2, 0.25) is 0 Å². The van der Waals surface area contributed by atoms with Gasteiger partial charge in [-0.05, 0) is 60.4 Å². The van der Waals surface area contributed by atoms with Crippen LogP contribution in [0, 0.1) is 11.3 Å². The van der Waals surface area contributed by atoms with Crippen molar-refractivity contribution in [2.75, 3.05) is 36.5 Å². The van der Waals surface area contributed by atoms with Gasteiger partial charge in [0.05, 0.1) is 30.9 Å². The van der Waals surface area contributed by atoms with Crippen LogP contribution in [0.1, 0.15) is 46.8 Å². The minimum Gasteiger partial charge on any atom is -0.376 e. The van der Waals surface area contributed by atoms with Crippen molar-refractivity contribution in [2.45, 2.75) is 45.1 Å². The maximum Gasteiger partial charge on any atom is 0.416 e. The SMILES string of the molecule is C[C@H]1CN(Cc2cc3c(c(C(F)(F)F)c2)CN(c2cc(-c4cnccc4-c4nncn4C)cc(NCCCC#N)n2)C3=O)CCO1. The van der Waals surface area contributed by atoms with Gasteiger partial charge in [0.15, 0.2) is 5.82 Å². The summed E-state index contributed by atoms with van der Waals surface area (Å²) < 4.78 is 50.7. The third-order valence-electron chi connectivity index (χ3n) is 8.08. The van der Waals surface area contributed by atoms with Crippen LogP contribution in [0.4, 0.5) is 24.8 Å². The topological polar surface area (TPSA) is 125 Å². The molecule has 46 heavy (non-hydrogen) atoms. The summed E-state index contributed by atoms with van der Waals surface area (Å²) in [6.07, 6.45) is 1.07. The highest BCUT2D eigenvalue weighted by atomic mass is 19.4. The number of aryl methyl sites for hydroxylation is 1. The van der Waals surface area contributed by atoms with E-state index in [-0.39, 0.29) is 36.1 Å². The highest BCUT2D eigenvalue weighted by Crippen LogP contribution is 2.41. The molecule has 1 saturated heterocycles. The van der Waals surface area contributed by atoms with Crippen LogP contribution in [0.5, 0.6) is 0 Å². The predicted octanol–water partition coefficient (Wildman–Crippen LogP) is 5.05. The molecule has 4 aromatic rings. The van der Waals surface area contributed by atoms with E-state index in [9.17, 15) is 18.0 Å². The molecule has 0 bridgehead atoms. The highest BCUT2D eigenvalue weighted by molar-refractivity contribution is 6.10. The van der Waals surface area contributed by atoms with E-state index in [0.29, 0.717) is 67.4 Å². The maximum atomic E-state index is 14.5. The lowest BCUT2D eigenvalue weighted by atomic mass is 9.98. The zero-order chi connectivity index (χ0) is 32.4. The Bertz CT molecular complexity index is 1800. The van der Waals surface area contributed by atoms with Crippen molar-refractivity contribution in [1.82, 2.24) is 29.6 Å². The molecule has 5 heterocycles. The molecule has 0 spiro atoms. The third-order valence-corrected chi connectivity index (χ3v) is 8.08. The van der Waals surface area contributed by atoms with Crippen LogP contribution in [0.15, 0.2) is 49.1 Å². The van der Waals surface area contributed by atoms with Gasteiger partial charge in [0.25, 0.3) is 5.91 Å². The number of nitrogens with one attached hydrogen (secondary N) is 1. The monoisotopic (exact) mass is 631 g/mol. The van der Waals surface area contributed by atoms with E-state index in [4.69, 9.17) is 10.00 Å². The van der Waals surface area contributed by atoms with Crippen molar-refractivity contribution in [3.05, 3.63) is 71.3 Å². The second-order valence-corrected chi connectivity index (χ2v) is 11.4. The van der Waals surface area contributed by atoms with Crippen LogP contribution in [0.2, 0.25) is 0 Å². The maximum absolute atomic E-state index is 14.5. The molecule has 6 rings (SSSR count). The summed E-state index contributed by atoms with van der Waals surface area (Å²) in [4.78, 5) is 26.2. The number of alkyl halides is 3. The van der Waals surface area contributed by atoms with Crippen LogP contribution >= 0.6 is 0 Å². The Morgan fingerprint density at radius 2 is 2.02 bits per heavy atom. The van der Waals surface area contributed by atoms with Gasteiger partial charge in [-0.2, -0.15) is 18.4 Å². The van der Waals surface area contributed by atoms with Crippen LogP contribution in [0.3, 0.4) is 0 Å². The Hall–Kier alpha value is -4.87. The smallest absolute Gasteiger partial charge is 0.376 e. The largest absolute Gasteiger partial charge is 0.416 e. The molecule has 11 nitrogen and oxygen atoms in total. The van der Waals surface area contributed by atoms with E-state index in [2.05, 4.69) is 31.6 Å². The van der Waals surface area contributed by atoms with Crippen molar-refractivity contribution in [3.8, 4) is 28.6 Å². The van der Waals surface area contributed by atoms with Crippen molar-refractivity contribution in [2.24, 2.45) is 7.05 Å². The first kappa shape index (κ1) is 31.1. The number of morpholine rings is 1. The number of benzene rings is 1. The van der Waals surface area contributed by atoms with Gasteiger partial charge >= 0.3 is 6.18 Å². The van der Waals surface area contributed by atoms with E-state index in [0.717, 1.165) is 11.6 Å². The van der Waals surface area contributed by atoms with Gasteiger partial charge in [0, 0.05) is 68.7 Å². The van der Waals surface area contributed by atoms with E-state index >= 15 is 0 Å². The van der Waals surface area contributed by atoms with E-state index < -0.39 is 17.6 Å². The number of nitrogens with zero attached hydrogens (tertiary/aromatic N) is 8. The van der Waals surface area contributed by atoms with Crippen LogP contribution in [-0.4, -0.2) is 67.9 Å². The fourth-order valence-electron chi connectivity index (χ4n) is 5.92. The number of rotatable bonds is 9. The lowest BCUT2D eigenvalue weighted by Crippen LogP contribution is -2.40. The number of anilines is 2. The first-order valence-corrected chi connectivity index (χ1v) is 14.9. The Morgan fingerprint density at radius 3 is 2.76 bits per heavy atom. The van der Waals surface area contributed by atoms with Gasteiger partial charge in [-0.25, -0.2) is 4.98 Å². The van der Waals surface area contributed by atoms with Crippen LogP contribution < -0.4 is 10.2 Å². The Morgan fingerprint density at radius 1 is 1.17 bits per heavy atom. The first-order valence-electron chi connectivity index (χ1n) is 14.9. The van der Waals surface area contributed by atoms with Crippen molar-refractivity contribution < 1.29 is 22.7 Å². The minimum absolute atomic E-state index is 0.0167. The molecule has 14 heteroatoms. The third kappa shape index (κ3) is 6.42. The number of aromatic nitrogens is 5. The van der Waals surface area contributed by atoms with E-state index in [1.54, 1.807) is 47.6 Å². The summed E-state index contributed by atoms with van der Waals surface area (Å²) in [6, 6.07) is 10.1. The lowest BCUT2D eigenvalue weighted by Gasteiger charge is -2.31. The number of fused-ring (bicyclic) bond motifs is 1. The summed E-state index contributed by atoms with van der Waals surface area (Å²) in [5.41, 5.74) is 1.56. The Labute approximate surface area is 263 Å². The number of ether oxygens (including phenoxy) is 1. The number of unbranched alkanes of at least 4 members (excludes halogenated alkanes) is 1. The molecular formula is C32H32F3N9O2. The molecule has 1 amide bonds. The molecule has 238 valence electrons. The lowest BCUT2D eigenvalue weighted by molar-refractivity contribution is -0.138. The second-order valence-electron chi connectivity index (χ2n) is 11.4. The second kappa shape index (κ2) is 12.9. The molecule has 0 saturated carbocycles. The normalized spacial score (nSPS) is 16.8. The fraction of sp³-hybridized carbons (Fsp3) is 0.375. The molecule has 0 radical (unpaired) electrons. The number of hydrogen-bond donors (Lipinski definition) is 1. The summed E-state index contributed by atoms with van der Waals surface area (Å²) in [7, 11) is 1.81. The molecule has 2 aliphatic rings. The Balaban J connectivity index is 1.40. The molecule has 1 N–H and O–H groups in total. The molecule has 1 fully saturated rings. The molecule has 1 atom stereocenters. The summed E-state index contributed by atoms with van der Waals surface area (Å²) in [6.45, 7) is 4.02. The number of carbonyl (C=O) groups is 1. The standard InChI is InChI=1S/C32H32F3N9O2/c1-20-16-43(9-10-46-20)17-21-11-24-26(27(12-21)32(33,34)35)18-44(31(24)45)29-14-22(13-28(40-29)38-7-4-3-6-36)25-15-37-8-5-23(25)30-41-39-19-42(30)2/h5,8,11-15,19-20H,3-4,7,9-10,16-18H2,1-2H3,(H,38,40)/t20-/m0/s1. The summed E-state index contributed by atoms with van der Waals surface area (Å²) in [5.74, 6) is 0.615. The molecule has 3 aromatic heterocycles. The number of halogens is 3. The van der Waals surface area contributed by atoms with Gasteiger partial charge in [-0.3, -0.25) is 19.6 Å². The van der Waals surface area contributed by atoms with Crippen molar-refractivity contribution >= 4 is 17.5 Å². The quantitative estimate of drug-likeness (QED) is 0.253. The van der Waals surface area contributed by atoms with E-state index in [1.807, 2.05) is 18.9 Å². The summed E-state index contributed by atoms with van der Waals surface area (Å²) in [5, 5.41) is 20.4. The van der Waals surface area contributed by atoms with Crippen LogP contribution in [-0.2, 0) is 31.1 Å². The van der Waals surface area contributed by atoms with Gasteiger partial charge in [-0.1, -0.05) is 0 Å². The first-order chi connectivity index (χ1) is 22.1. The van der Waals surface area contributed by atoms with Crippen molar-refractivity contribution in [1.29, 1.82) is 5.26 Å². The molecule has 1 aromatic carbocycles. The molecule has 0 aliphatic carbocycles. The molecule has 2 aliphatic heterocycles. The fourth-order valence-corrected chi connectivity index (χ4v) is 5.92. The average molecular weight is 632 g/mol. The zero-order valence-corrected chi connectivity index (χ0v) is 25.4. The van der Waals surface area contributed by atoms with Gasteiger partial charge in [-0.15, -0.1) is 10.2 Å². The minimum atomic E-state index is -4.65. The molecule has 0 unspecified atom stereocenters.